The van der Waals surface area contributed by atoms with E-state index in [4.69, 9.17) is 10.5 Å². The van der Waals surface area contributed by atoms with Gasteiger partial charge in [-0.05, 0) is 18.2 Å². The molecule has 0 bridgehead atoms. The van der Waals surface area contributed by atoms with E-state index < -0.39 is 15.7 Å². The highest BCUT2D eigenvalue weighted by molar-refractivity contribution is 7.90. The average Bonchev–Trinajstić information content (AvgIpc) is 2.27. The van der Waals surface area contributed by atoms with E-state index in [1.54, 1.807) is 12.1 Å². The van der Waals surface area contributed by atoms with Crippen molar-refractivity contribution in [3.8, 4) is 5.75 Å². The van der Waals surface area contributed by atoms with Crippen LogP contribution in [0.1, 0.15) is 10.4 Å². The smallest absolute Gasteiger partial charge is 0.253 e. The fourth-order valence-corrected chi connectivity index (χ4v) is 1.78. The monoisotopic (exact) mass is 272 g/mol. The Balaban J connectivity index is 2.72. The molecule has 0 atom stereocenters. The third-order valence-corrected chi connectivity index (χ3v) is 3.21. The molecule has 0 spiro atoms. The maximum atomic E-state index is 11.8. The third-order valence-electron chi connectivity index (χ3n) is 2.26. The summed E-state index contributed by atoms with van der Waals surface area (Å²) in [7, 11) is -1.61. The molecule has 0 fully saturated rings. The molecule has 1 rings (SSSR count). The maximum absolute atomic E-state index is 11.8. The van der Waals surface area contributed by atoms with Gasteiger partial charge in [0.2, 0.25) is 0 Å². The van der Waals surface area contributed by atoms with Crippen LogP contribution in [0.5, 0.6) is 5.75 Å². The molecular weight excluding hydrogens is 256 g/mol. The number of sulfone groups is 1. The minimum atomic E-state index is -3.10. The molecule has 7 heteroatoms. The molecule has 0 aliphatic carbocycles. The SMILES string of the molecule is COc1ccc(N)c(C(=O)NCCS(C)(=O)=O)c1. The first kappa shape index (κ1) is 14.3. The van der Waals surface area contributed by atoms with Gasteiger partial charge in [0.15, 0.2) is 0 Å². The molecule has 0 aliphatic rings. The van der Waals surface area contributed by atoms with Crippen molar-refractivity contribution in [1.82, 2.24) is 5.32 Å². The summed E-state index contributed by atoms with van der Waals surface area (Å²) in [5.74, 6) is -0.0182. The molecule has 0 saturated heterocycles. The lowest BCUT2D eigenvalue weighted by Crippen LogP contribution is -2.29. The number of ether oxygens (including phenoxy) is 1. The highest BCUT2D eigenvalue weighted by Crippen LogP contribution is 2.19. The van der Waals surface area contributed by atoms with Crippen molar-refractivity contribution >= 4 is 21.4 Å². The Bertz CT molecular complexity index is 540. The van der Waals surface area contributed by atoms with Crippen molar-refractivity contribution in [3.05, 3.63) is 23.8 Å². The number of carbonyl (C=O) groups excluding carboxylic acids is 1. The van der Waals surface area contributed by atoms with Crippen molar-refractivity contribution in [3.63, 3.8) is 0 Å². The molecular formula is C11H16N2O4S. The van der Waals surface area contributed by atoms with Gasteiger partial charge in [0.1, 0.15) is 15.6 Å². The van der Waals surface area contributed by atoms with Crippen molar-refractivity contribution < 1.29 is 17.9 Å². The molecule has 0 aromatic heterocycles. The normalized spacial score (nSPS) is 11.0. The molecule has 6 nitrogen and oxygen atoms in total. The van der Waals surface area contributed by atoms with Gasteiger partial charge in [-0.2, -0.15) is 0 Å². The lowest BCUT2D eigenvalue weighted by Gasteiger charge is -2.08. The zero-order valence-corrected chi connectivity index (χ0v) is 11.1. The molecule has 1 amide bonds. The van der Waals surface area contributed by atoms with Gasteiger partial charge in [-0.25, -0.2) is 8.42 Å². The Labute approximate surface area is 106 Å². The number of nitrogens with one attached hydrogen (secondary N) is 1. The van der Waals surface area contributed by atoms with Crippen LogP contribution in [-0.2, 0) is 9.84 Å². The van der Waals surface area contributed by atoms with Crippen molar-refractivity contribution in [2.75, 3.05) is 31.4 Å². The summed E-state index contributed by atoms with van der Waals surface area (Å²) in [4.78, 5) is 11.8. The Hall–Kier alpha value is -1.76. The second-order valence-electron chi connectivity index (χ2n) is 3.84. The van der Waals surface area contributed by atoms with Gasteiger partial charge in [-0.15, -0.1) is 0 Å². The summed E-state index contributed by atoms with van der Waals surface area (Å²) in [5.41, 5.74) is 6.25. The standard InChI is InChI=1S/C11H16N2O4S/c1-17-8-3-4-10(12)9(7-8)11(14)13-5-6-18(2,15)16/h3-4,7H,5-6,12H2,1-2H3,(H,13,14). The van der Waals surface area contributed by atoms with E-state index in [9.17, 15) is 13.2 Å². The number of methoxy groups -OCH3 is 1. The van der Waals surface area contributed by atoms with Gasteiger partial charge in [-0.3, -0.25) is 4.79 Å². The summed E-state index contributed by atoms with van der Waals surface area (Å²) >= 11 is 0. The maximum Gasteiger partial charge on any atom is 0.253 e. The summed E-state index contributed by atoms with van der Waals surface area (Å²) in [6, 6.07) is 4.71. The first-order valence-corrected chi connectivity index (χ1v) is 7.29. The Kier molecular flexibility index (Phi) is 4.55. The summed E-state index contributed by atoms with van der Waals surface area (Å²) in [6.07, 6.45) is 1.11. The van der Waals surface area contributed by atoms with E-state index in [1.165, 1.54) is 13.2 Å². The van der Waals surface area contributed by atoms with Gasteiger partial charge in [0.05, 0.1) is 18.4 Å². The van der Waals surface area contributed by atoms with Gasteiger partial charge in [0.25, 0.3) is 5.91 Å². The first-order valence-electron chi connectivity index (χ1n) is 5.23. The van der Waals surface area contributed by atoms with Crippen LogP contribution in [-0.4, -0.2) is 40.0 Å². The third kappa shape index (κ3) is 4.25. The molecule has 0 aliphatic heterocycles. The predicted molar refractivity (Wildman–Crippen MR) is 69.5 cm³/mol. The zero-order chi connectivity index (χ0) is 13.8. The van der Waals surface area contributed by atoms with E-state index in [0.29, 0.717) is 11.4 Å². The van der Waals surface area contributed by atoms with E-state index in [0.717, 1.165) is 6.26 Å². The minimum absolute atomic E-state index is 0.0499. The fourth-order valence-electron chi connectivity index (χ4n) is 1.30. The van der Waals surface area contributed by atoms with Crippen LogP contribution in [0.2, 0.25) is 0 Å². The van der Waals surface area contributed by atoms with Crippen LogP contribution in [0.15, 0.2) is 18.2 Å². The topological polar surface area (TPSA) is 98.5 Å². The summed E-state index contributed by atoms with van der Waals surface area (Å²) in [6.45, 7) is 0.0499. The number of hydrogen-bond acceptors (Lipinski definition) is 5. The molecule has 0 saturated carbocycles. The number of nitrogens with two attached hydrogens (primary N) is 1. The lowest BCUT2D eigenvalue weighted by molar-refractivity contribution is 0.0956. The number of anilines is 1. The molecule has 1 aromatic rings. The molecule has 0 radical (unpaired) electrons. The predicted octanol–water partition coefficient (Wildman–Crippen LogP) is 0.0518. The second kappa shape index (κ2) is 5.72. The number of benzene rings is 1. The van der Waals surface area contributed by atoms with Gasteiger partial charge in [-0.1, -0.05) is 0 Å². The number of rotatable bonds is 5. The van der Waals surface area contributed by atoms with Crippen LogP contribution < -0.4 is 15.8 Å². The lowest BCUT2D eigenvalue weighted by atomic mass is 10.1. The quantitative estimate of drug-likeness (QED) is 0.738. The van der Waals surface area contributed by atoms with E-state index >= 15 is 0 Å². The molecule has 1 aromatic carbocycles. The number of carbonyl (C=O) groups is 1. The van der Waals surface area contributed by atoms with Gasteiger partial charge >= 0.3 is 0 Å². The number of amides is 1. The zero-order valence-electron chi connectivity index (χ0n) is 10.3. The highest BCUT2D eigenvalue weighted by atomic mass is 32.2. The van der Waals surface area contributed by atoms with Gasteiger partial charge < -0.3 is 15.8 Å². The summed E-state index contributed by atoms with van der Waals surface area (Å²) in [5, 5.41) is 2.49. The molecule has 100 valence electrons. The minimum Gasteiger partial charge on any atom is -0.497 e. The first-order chi connectivity index (χ1) is 8.33. The van der Waals surface area contributed by atoms with E-state index in [-0.39, 0.29) is 17.9 Å². The van der Waals surface area contributed by atoms with Crippen LogP contribution >= 0.6 is 0 Å². The van der Waals surface area contributed by atoms with Gasteiger partial charge in [0, 0.05) is 18.5 Å². The average molecular weight is 272 g/mol. The van der Waals surface area contributed by atoms with Crippen LogP contribution in [0.4, 0.5) is 5.69 Å². The van der Waals surface area contributed by atoms with Crippen LogP contribution in [0.25, 0.3) is 0 Å². The second-order valence-corrected chi connectivity index (χ2v) is 6.10. The Morgan fingerprint density at radius 1 is 1.44 bits per heavy atom. The summed E-state index contributed by atoms with van der Waals surface area (Å²) < 4.78 is 26.8. The highest BCUT2D eigenvalue weighted by Gasteiger charge is 2.11. The number of nitrogen functional groups attached to an aromatic ring is 1. The van der Waals surface area contributed by atoms with E-state index in [2.05, 4.69) is 5.32 Å². The molecule has 0 heterocycles. The van der Waals surface area contributed by atoms with Crippen molar-refractivity contribution in [1.29, 1.82) is 0 Å². The molecule has 18 heavy (non-hydrogen) atoms. The fraction of sp³-hybridized carbons (Fsp3) is 0.364. The number of hydrogen-bond donors (Lipinski definition) is 2. The Morgan fingerprint density at radius 2 is 2.11 bits per heavy atom. The largest absolute Gasteiger partial charge is 0.497 e. The van der Waals surface area contributed by atoms with Crippen LogP contribution in [0.3, 0.4) is 0 Å². The van der Waals surface area contributed by atoms with Crippen LogP contribution in [0, 0.1) is 0 Å². The van der Waals surface area contributed by atoms with Crippen molar-refractivity contribution in [2.45, 2.75) is 0 Å². The Morgan fingerprint density at radius 3 is 2.67 bits per heavy atom. The molecule has 3 N–H and O–H groups in total. The van der Waals surface area contributed by atoms with E-state index in [1.807, 2.05) is 0 Å². The van der Waals surface area contributed by atoms with Crippen molar-refractivity contribution in [2.24, 2.45) is 0 Å². The molecule has 0 unspecified atom stereocenters.